The lowest BCUT2D eigenvalue weighted by molar-refractivity contribution is 0.0523. The monoisotopic (exact) mass is 419 g/mol. The number of hydrogen-bond donors (Lipinski definition) is 2. The van der Waals surface area contributed by atoms with E-state index in [2.05, 4.69) is 50.4 Å². The predicted octanol–water partition coefficient (Wildman–Crippen LogP) is 6.02. The zero-order valence-corrected chi connectivity index (χ0v) is 19.4. The van der Waals surface area contributed by atoms with Gasteiger partial charge in [0, 0.05) is 28.9 Å². The van der Waals surface area contributed by atoms with E-state index in [0.29, 0.717) is 18.2 Å². The van der Waals surface area contributed by atoms with Gasteiger partial charge in [0.2, 0.25) is 0 Å². The van der Waals surface area contributed by atoms with Crippen molar-refractivity contribution in [3.63, 3.8) is 0 Å². The molecule has 1 heterocycles. The van der Waals surface area contributed by atoms with Crippen LogP contribution in [0.4, 0.5) is 10.5 Å². The number of fused-ring (bicyclic) bond motifs is 1. The average molecular weight is 420 g/mol. The molecule has 0 fully saturated rings. The number of nitrogens with zero attached hydrogens (tertiary/aromatic N) is 1. The van der Waals surface area contributed by atoms with Crippen molar-refractivity contribution in [2.75, 3.05) is 5.73 Å². The van der Waals surface area contributed by atoms with E-state index in [1.165, 1.54) is 5.56 Å². The summed E-state index contributed by atoms with van der Waals surface area (Å²) in [4.78, 5) is 17.4. The highest BCUT2D eigenvalue weighted by molar-refractivity contribution is 5.98. The van der Waals surface area contributed by atoms with Gasteiger partial charge >= 0.3 is 6.09 Å². The Balaban J connectivity index is 2.18. The minimum atomic E-state index is -0.555. The van der Waals surface area contributed by atoms with Crippen LogP contribution in [0.2, 0.25) is 0 Å². The number of pyridine rings is 1. The molecule has 0 unspecified atom stereocenters. The van der Waals surface area contributed by atoms with Crippen LogP contribution in [0.1, 0.15) is 51.4 Å². The maximum Gasteiger partial charge on any atom is 0.407 e. The highest BCUT2D eigenvalue weighted by Gasteiger charge is 2.20. The van der Waals surface area contributed by atoms with Crippen LogP contribution in [-0.2, 0) is 17.7 Å². The highest BCUT2D eigenvalue weighted by atomic mass is 16.6. The van der Waals surface area contributed by atoms with E-state index in [4.69, 9.17) is 15.5 Å². The van der Waals surface area contributed by atoms with E-state index in [1.807, 2.05) is 39.0 Å². The summed E-state index contributed by atoms with van der Waals surface area (Å²) in [5, 5.41) is 3.92. The summed E-state index contributed by atoms with van der Waals surface area (Å²) in [5.74, 6) is 0.421. The van der Waals surface area contributed by atoms with Crippen LogP contribution >= 0.6 is 0 Å². The van der Waals surface area contributed by atoms with Gasteiger partial charge < -0.3 is 15.8 Å². The normalized spacial score (nSPS) is 11.7. The molecule has 3 rings (SSSR count). The van der Waals surface area contributed by atoms with Gasteiger partial charge in [-0.2, -0.15) is 0 Å². The number of aryl methyl sites for hydroxylation is 1. The zero-order valence-electron chi connectivity index (χ0n) is 19.4. The van der Waals surface area contributed by atoms with Gasteiger partial charge in [0.1, 0.15) is 5.60 Å². The lowest BCUT2D eigenvalue weighted by atomic mass is 9.91. The van der Waals surface area contributed by atoms with Gasteiger partial charge in [0.15, 0.2) is 0 Å². The smallest absolute Gasteiger partial charge is 0.407 e. The van der Waals surface area contributed by atoms with E-state index >= 15 is 0 Å². The summed E-state index contributed by atoms with van der Waals surface area (Å²) in [7, 11) is 0. The Bertz CT molecular complexity index is 1080. The van der Waals surface area contributed by atoms with Gasteiger partial charge in [-0.25, -0.2) is 4.79 Å². The average Bonchev–Trinajstić information content (AvgIpc) is 2.65. The molecular formula is C26H33N3O2. The second-order valence-corrected chi connectivity index (χ2v) is 9.51. The van der Waals surface area contributed by atoms with Crippen LogP contribution in [0.3, 0.4) is 0 Å². The largest absolute Gasteiger partial charge is 0.444 e. The molecule has 2 aromatic carbocycles. The molecule has 31 heavy (non-hydrogen) atoms. The minimum absolute atomic E-state index is 0.331. The summed E-state index contributed by atoms with van der Waals surface area (Å²) in [6.45, 7) is 12.3. The fourth-order valence-corrected chi connectivity index (χ4v) is 3.64. The highest BCUT2D eigenvalue weighted by Crippen LogP contribution is 2.35. The van der Waals surface area contributed by atoms with Crippen molar-refractivity contribution in [2.45, 2.75) is 60.1 Å². The molecule has 3 aromatic rings. The first kappa shape index (κ1) is 22.6. The fourth-order valence-electron chi connectivity index (χ4n) is 3.64. The van der Waals surface area contributed by atoms with Crippen molar-refractivity contribution in [2.24, 2.45) is 5.92 Å². The van der Waals surface area contributed by atoms with Gasteiger partial charge in [-0.05, 0) is 69.4 Å². The Labute approximate surface area is 185 Å². The molecule has 0 radical (unpaired) electrons. The molecule has 5 nitrogen and oxygen atoms in total. The third-order valence-electron chi connectivity index (χ3n) is 4.95. The summed E-state index contributed by atoms with van der Waals surface area (Å²) in [6.07, 6.45) is 0.371. The Morgan fingerprint density at radius 1 is 1.13 bits per heavy atom. The second kappa shape index (κ2) is 8.96. The van der Waals surface area contributed by atoms with Crippen molar-refractivity contribution >= 4 is 22.7 Å². The Morgan fingerprint density at radius 2 is 1.81 bits per heavy atom. The third kappa shape index (κ3) is 5.75. The second-order valence-electron chi connectivity index (χ2n) is 9.51. The van der Waals surface area contributed by atoms with Crippen LogP contribution < -0.4 is 11.1 Å². The fraction of sp³-hybridized carbons (Fsp3) is 0.385. The zero-order chi connectivity index (χ0) is 22.8. The molecule has 0 saturated carbocycles. The summed E-state index contributed by atoms with van der Waals surface area (Å²) >= 11 is 0. The number of hydrogen-bond acceptors (Lipinski definition) is 4. The molecule has 5 heteroatoms. The first-order chi connectivity index (χ1) is 14.5. The van der Waals surface area contributed by atoms with Crippen molar-refractivity contribution in [1.82, 2.24) is 10.3 Å². The van der Waals surface area contributed by atoms with Crippen molar-refractivity contribution < 1.29 is 9.53 Å². The predicted molar refractivity (Wildman–Crippen MR) is 128 cm³/mol. The van der Waals surface area contributed by atoms with Crippen LogP contribution in [0, 0.1) is 12.8 Å². The number of alkyl carbamates (subject to hydrolysis) is 1. The molecular weight excluding hydrogens is 386 g/mol. The Hall–Kier alpha value is -3.08. The number of carbonyl (C=O) groups is 1. The van der Waals surface area contributed by atoms with Gasteiger partial charge in [-0.3, -0.25) is 4.98 Å². The van der Waals surface area contributed by atoms with E-state index in [9.17, 15) is 4.79 Å². The molecule has 0 spiro atoms. The molecule has 0 saturated heterocycles. The quantitative estimate of drug-likeness (QED) is 0.496. The van der Waals surface area contributed by atoms with Crippen molar-refractivity contribution in [3.8, 4) is 11.1 Å². The molecule has 1 aromatic heterocycles. The summed E-state index contributed by atoms with van der Waals surface area (Å²) < 4.78 is 5.46. The molecule has 1 amide bonds. The number of ether oxygens (including phenoxy) is 1. The first-order valence-corrected chi connectivity index (χ1v) is 10.8. The molecule has 164 valence electrons. The molecule has 0 atom stereocenters. The topological polar surface area (TPSA) is 77.2 Å². The summed E-state index contributed by atoms with van der Waals surface area (Å²) in [5.41, 5.74) is 12.5. The van der Waals surface area contributed by atoms with E-state index in [0.717, 1.165) is 39.7 Å². The van der Waals surface area contributed by atoms with E-state index in [1.54, 1.807) is 0 Å². The SMILES string of the molecule is Cc1ccc(-c2c(CNC(=O)OC(C)(C)C)c(CC(C)C)nc3ccc(N)cc23)cc1. The van der Waals surface area contributed by atoms with Gasteiger partial charge in [0.05, 0.1) is 5.52 Å². The van der Waals surface area contributed by atoms with Crippen LogP contribution in [0.5, 0.6) is 0 Å². The lowest BCUT2D eigenvalue weighted by Gasteiger charge is -2.22. The maximum absolute atomic E-state index is 12.4. The number of aromatic nitrogens is 1. The van der Waals surface area contributed by atoms with Gasteiger partial charge in [0.25, 0.3) is 0 Å². The third-order valence-corrected chi connectivity index (χ3v) is 4.95. The number of amides is 1. The van der Waals surface area contributed by atoms with Crippen molar-refractivity contribution in [3.05, 3.63) is 59.3 Å². The minimum Gasteiger partial charge on any atom is -0.444 e. The number of benzene rings is 2. The van der Waals surface area contributed by atoms with E-state index in [-0.39, 0.29) is 0 Å². The van der Waals surface area contributed by atoms with Crippen LogP contribution in [-0.4, -0.2) is 16.7 Å². The van der Waals surface area contributed by atoms with Crippen LogP contribution in [0.25, 0.3) is 22.0 Å². The first-order valence-electron chi connectivity index (χ1n) is 10.8. The molecule has 0 aliphatic heterocycles. The number of carbonyl (C=O) groups excluding carboxylic acids is 1. The molecule has 0 aliphatic rings. The van der Waals surface area contributed by atoms with Crippen LogP contribution in [0.15, 0.2) is 42.5 Å². The number of anilines is 1. The Kier molecular flexibility index (Phi) is 6.54. The Morgan fingerprint density at radius 3 is 2.42 bits per heavy atom. The number of nitrogens with one attached hydrogen (secondary N) is 1. The number of nitrogens with two attached hydrogens (primary N) is 1. The molecule has 0 aliphatic carbocycles. The number of rotatable bonds is 5. The number of nitrogen functional groups attached to an aromatic ring is 1. The standard InChI is InChI=1S/C26H33N3O2/c1-16(2)13-23-21(15-28-25(30)31-26(4,5)6)24(18-9-7-17(3)8-10-18)20-14-19(27)11-12-22(20)29-23/h7-12,14,16H,13,15,27H2,1-6H3,(H,28,30). The molecule has 3 N–H and O–H groups in total. The maximum atomic E-state index is 12.4. The van der Waals surface area contributed by atoms with E-state index < -0.39 is 11.7 Å². The van der Waals surface area contributed by atoms with Crippen molar-refractivity contribution in [1.29, 1.82) is 0 Å². The molecule has 0 bridgehead atoms. The van der Waals surface area contributed by atoms with Gasteiger partial charge in [-0.1, -0.05) is 43.7 Å². The lowest BCUT2D eigenvalue weighted by Crippen LogP contribution is -2.32. The van der Waals surface area contributed by atoms with Gasteiger partial charge in [-0.15, -0.1) is 0 Å². The summed E-state index contributed by atoms with van der Waals surface area (Å²) in [6, 6.07) is 14.2.